The van der Waals surface area contributed by atoms with E-state index in [2.05, 4.69) is 38.1 Å². The van der Waals surface area contributed by atoms with Gasteiger partial charge in [-0.25, -0.2) is 0 Å². The van der Waals surface area contributed by atoms with E-state index in [1.165, 1.54) is 16.5 Å². The predicted octanol–water partition coefficient (Wildman–Crippen LogP) is 3.00. The Labute approximate surface area is 103 Å². The molecule has 0 aliphatic heterocycles. The molecule has 1 heterocycles. The highest BCUT2D eigenvalue weighted by Crippen LogP contribution is 2.22. The van der Waals surface area contributed by atoms with E-state index in [0.717, 1.165) is 24.1 Å². The molecule has 2 N–H and O–H groups in total. The molecule has 17 heavy (non-hydrogen) atoms. The van der Waals surface area contributed by atoms with Gasteiger partial charge in [-0.1, -0.05) is 25.1 Å². The molecule has 2 heteroatoms. The molecule has 1 atom stereocenters. The Bertz CT molecular complexity index is 530. The first-order valence-corrected chi connectivity index (χ1v) is 6.25. The van der Waals surface area contributed by atoms with Crippen LogP contribution in [0, 0.1) is 6.92 Å². The summed E-state index contributed by atoms with van der Waals surface area (Å²) in [7, 11) is 0. The lowest BCUT2D eigenvalue weighted by Crippen LogP contribution is -2.18. The third-order valence-electron chi connectivity index (χ3n) is 3.09. The number of nitrogens with two attached hydrogens (primary N) is 1. The Morgan fingerprint density at radius 1 is 1.35 bits per heavy atom. The van der Waals surface area contributed by atoms with E-state index in [-0.39, 0.29) is 6.04 Å². The van der Waals surface area contributed by atoms with E-state index in [4.69, 9.17) is 10.7 Å². The van der Waals surface area contributed by atoms with Crippen molar-refractivity contribution in [1.82, 2.24) is 4.98 Å². The number of benzene rings is 1. The minimum Gasteiger partial charge on any atom is -0.328 e. The Morgan fingerprint density at radius 3 is 2.76 bits per heavy atom. The monoisotopic (exact) mass is 228 g/mol. The summed E-state index contributed by atoms with van der Waals surface area (Å²) in [6.07, 6.45) is 1.86. The molecule has 2 nitrogen and oxygen atoms in total. The average molecular weight is 228 g/mol. The van der Waals surface area contributed by atoms with Gasteiger partial charge in [0.25, 0.3) is 0 Å². The molecular formula is C15H20N2. The van der Waals surface area contributed by atoms with Gasteiger partial charge < -0.3 is 5.73 Å². The predicted molar refractivity (Wildman–Crippen MR) is 73.2 cm³/mol. The van der Waals surface area contributed by atoms with E-state index in [1.807, 2.05) is 6.92 Å². The molecule has 0 amide bonds. The number of hydrogen-bond donors (Lipinski definition) is 1. The zero-order valence-corrected chi connectivity index (χ0v) is 10.8. The maximum Gasteiger partial charge on any atom is 0.0739 e. The van der Waals surface area contributed by atoms with Crippen LogP contribution in [0.4, 0.5) is 0 Å². The summed E-state index contributed by atoms with van der Waals surface area (Å²) in [4.78, 5) is 4.77. The largest absolute Gasteiger partial charge is 0.328 e. The van der Waals surface area contributed by atoms with Crippen LogP contribution in [0.3, 0.4) is 0 Å². The molecule has 2 aromatic rings. The lowest BCUT2D eigenvalue weighted by atomic mass is 10.0. The molecule has 0 saturated heterocycles. The summed E-state index contributed by atoms with van der Waals surface area (Å²) in [5, 5.41) is 1.26. The summed E-state index contributed by atoms with van der Waals surface area (Å²) >= 11 is 0. The highest BCUT2D eigenvalue weighted by Gasteiger charge is 2.07. The van der Waals surface area contributed by atoms with E-state index < -0.39 is 0 Å². The second-order valence-electron chi connectivity index (χ2n) is 4.78. The maximum absolute atomic E-state index is 5.85. The number of hydrogen-bond acceptors (Lipinski definition) is 2. The molecule has 0 aliphatic carbocycles. The molecule has 90 valence electrons. The van der Waals surface area contributed by atoms with E-state index in [9.17, 15) is 0 Å². The first kappa shape index (κ1) is 12.1. The number of nitrogens with zero attached hydrogens (tertiary/aromatic N) is 1. The van der Waals surface area contributed by atoms with Gasteiger partial charge in [0.1, 0.15) is 0 Å². The fourth-order valence-corrected chi connectivity index (χ4v) is 2.26. The van der Waals surface area contributed by atoms with Crippen molar-refractivity contribution >= 4 is 10.9 Å². The van der Waals surface area contributed by atoms with Gasteiger partial charge in [0, 0.05) is 23.5 Å². The SMILES string of the molecule is CCc1cccc2c(C)cc(CC(C)N)nc12. The van der Waals surface area contributed by atoms with Crippen molar-refractivity contribution < 1.29 is 0 Å². The van der Waals surface area contributed by atoms with Crippen LogP contribution in [0.15, 0.2) is 24.3 Å². The molecule has 1 aromatic heterocycles. The van der Waals surface area contributed by atoms with E-state index in [1.54, 1.807) is 0 Å². The number of para-hydroxylation sites is 1. The first-order chi connectivity index (χ1) is 8.11. The molecule has 0 radical (unpaired) electrons. The molecule has 2 rings (SSSR count). The summed E-state index contributed by atoms with van der Waals surface area (Å²) in [6.45, 7) is 6.34. The van der Waals surface area contributed by atoms with Crippen LogP contribution in [-0.4, -0.2) is 11.0 Å². The highest BCUT2D eigenvalue weighted by molar-refractivity contribution is 5.85. The van der Waals surface area contributed by atoms with Crippen LogP contribution in [-0.2, 0) is 12.8 Å². The summed E-state index contributed by atoms with van der Waals surface area (Å²) in [5.74, 6) is 0. The molecule has 1 unspecified atom stereocenters. The molecule has 1 aromatic carbocycles. The molecule has 0 bridgehead atoms. The van der Waals surface area contributed by atoms with Gasteiger partial charge in [-0.15, -0.1) is 0 Å². The van der Waals surface area contributed by atoms with E-state index in [0.29, 0.717) is 0 Å². The van der Waals surface area contributed by atoms with Crippen molar-refractivity contribution in [2.24, 2.45) is 5.73 Å². The van der Waals surface area contributed by atoms with Gasteiger partial charge in [0.15, 0.2) is 0 Å². The van der Waals surface area contributed by atoms with Crippen LogP contribution in [0.25, 0.3) is 10.9 Å². The zero-order chi connectivity index (χ0) is 12.4. The third-order valence-corrected chi connectivity index (χ3v) is 3.09. The van der Waals surface area contributed by atoms with Crippen LogP contribution < -0.4 is 5.73 Å². The van der Waals surface area contributed by atoms with E-state index >= 15 is 0 Å². The van der Waals surface area contributed by atoms with Gasteiger partial charge in [-0.3, -0.25) is 4.98 Å². The maximum atomic E-state index is 5.85. The Morgan fingerprint density at radius 2 is 2.12 bits per heavy atom. The fourth-order valence-electron chi connectivity index (χ4n) is 2.26. The molecule has 0 aliphatic rings. The number of aryl methyl sites for hydroxylation is 2. The number of pyridine rings is 1. The Hall–Kier alpha value is -1.41. The normalized spacial score (nSPS) is 12.9. The third kappa shape index (κ3) is 2.47. The summed E-state index contributed by atoms with van der Waals surface area (Å²) in [5.41, 5.74) is 10.7. The average Bonchev–Trinajstić information content (AvgIpc) is 2.27. The highest BCUT2D eigenvalue weighted by atomic mass is 14.7. The summed E-state index contributed by atoms with van der Waals surface area (Å²) < 4.78 is 0. The molecule has 0 spiro atoms. The minimum absolute atomic E-state index is 0.160. The van der Waals surface area contributed by atoms with Crippen molar-refractivity contribution in [2.45, 2.75) is 39.7 Å². The zero-order valence-electron chi connectivity index (χ0n) is 10.8. The van der Waals surface area contributed by atoms with Crippen molar-refractivity contribution in [1.29, 1.82) is 0 Å². The second-order valence-corrected chi connectivity index (χ2v) is 4.78. The summed E-state index contributed by atoms with van der Waals surface area (Å²) in [6, 6.07) is 8.73. The quantitative estimate of drug-likeness (QED) is 0.877. The van der Waals surface area contributed by atoms with Crippen molar-refractivity contribution in [3.05, 3.63) is 41.1 Å². The number of fused-ring (bicyclic) bond motifs is 1. The Balaban J connectivity index is 2.61. The molecular weight excluding hydrogens is 208 g/mol. The van der Waals surface area contributed by atoms with Crippen LogP contribution >= 0.6 is 0 Å². The lowest BCUT2D eigenvalue weighted by Gasteiger charge is -2.10. The molecule has 0 fully saturated rings. The molecule has 0 saturated carbocycles. The lowest BCUT2D eigenvalue weighted by molar-refractivity contribution is 0.724. The standard InChI is InChI=1S/C15H20N2/c1-4-12-6-5-7-14-10(2)8-13(9-11(3)16)17-15(12)14/h5-8,11H,4,9,16H2,1-3H3. The Kier molecular flexibility index (Phi) is 3.43. The first-order valence-electron chi connectivity index (χ1n) is 6.25. The topological polar surface area (TPSA) is 38.9 Å². The van der Waals surface area contributed by atoms with Gasteiger partial charge >= 0.3 is 0 Å². The van der Waals surface area contributed by atoms with Gasteiger partial charge in [0.2, 0.25) is 0 Å². The van der Waals surface area contributed by atoms with Crippen LogP contribution in [0.5, 0.6) is 0 Å². The van der Waals surface area contributed by atoms with Crippen molar-refractivity contribution in [2.75, 3.05) is 0 Å². The van der Waals surface area contributed by atoms with Crippen molar-refractivity contribution in [3.8, 4) is 0 Å². The number of rotatable bonds is 3. The smallest absolute Gasteiger partial charge is 0.0739 e. The number of aromatic nitrogens is 1. The second kappa shape index (κ2) is 4.84. The minimum atomic E-state index is 0.160. The van der Waals surface area contributed by atoms with Crippen molar-refractivity contribution in [3.63, 3.8) is 0 Å². The van der Waals surface area contributed by atoms with Crippen LogP contribution in [0.2, 0.25) is 0 Å². The van der Waals surface area contributed by atoms with Crippen LogP contribution in [0.1, 0.15) is 30.7 Å². The van der Waals surface area contributed by atoms with Gasteiger partial charge in [0.05, 0.1) is 5.52 Å². The van der Waals surface area contributed by atoms with Gasteiger partial charge in [-0.05, 0) is 37.5 Å². The van der Waals surface area contributed by atoms with Gasteiger partial charge in [-0.2, -0.15) is 0 Å². The fraction of sp³-hybridized carbons (Fsp3) is 0.400.